The SMILES string of the molecule is CCOC(=O)c1ccc(NC(=O)Nc2ccc(OC)cc2)cc1. The van der Waals surface area contributed by atoms with Crippen molar-refractivity contribution in [1.82, 2.24) is 0 Å². The van der Waals surface area contributed by atoms with Crippen LogP contribution >= 0.6 is 0 Å². The van der Waals surface area contributed by atoms with Crippen LogP contribution in [0.5, 0.6) is 5.75 Å². The van der Waals surface area contributed by atoms with Crippen molar-refractivity contribution < 1.29 is 19.1 Å². The number of hydrogen-bond donors (Lipinski definition) is 2. The molecule has 2 N–H and O–H groups in total. The molecule has 0 aliphatic heterocycles. The van der Waals surface area contributed by atoms with Gasteiger partial charge in [-0.15, -0.1) is 0 Å². The molecule has 2 amide bonds. The first-order valence-corrected chi connectivity index (χ1v) is 7.11. The zero-order chi connectivity index (χ0) is 16.7. The largest absolute Gasteiger partial charge is 0.497 e. The number of nitrogens with one attached hydrogen (secondary N) is 2. The minimum atomic E-state index is -0.387. The van der Waals surface area contributed by atoms with Crippen LogP contribution in [0.2, 0.25) is 0 Å². The van der Waals surface area contributed by atoms with Crippen LogP contribution < -0.4 is 15.4 Å². The Hall–Kier alpha value is -3.02. The van der Waals surface area contributed by atoms with Crippen LogP contribution in [-0.4, -0.2) is 25.7 Å². The highest BCUT2D eigenvalue weighted by molar-refractivity contribution is 6.00. The summed E-state index contributed by atoms with van der Waals surface area (Å²) in [6.45, 7) is 2.07. The normalized spacial score (nSPS) is 9.83. The summed E-state index contributed by atoms with van der Waals surface area (Å²) in [5, 5.41) is 5.39. The Morgan fingerprint density at radius 2 is 1.43 bits per heavy atom. The quantitative estimate of drug-likeness (QED) is 0.828. The van der Waals surface area contributed by atoms with Crippen molar-refractivity contribution in [3.8, 4) is 5.75 Å². The average molecular weight is 314 g/mol. The molecule has 0 radical (unpaired) electrons. The van der Waals surface area contributed by atoms with Crippen LogP contribution in [0, 0.1) is 0 Å². The van der Waals surface area contributed by atoms with Gasteiger partial charge in [-0.3, -0.25) is 0 Å². The van der Waals surface area contributed by atoms with E-state index in [1.165, 1.54) is 0 Å². The molecular weight excluding hydrogens is 296 g/mol. The van der Waals surface area contributed by atoms with E-state index >= 15 is 0 Å². The Labute approximate surface area is 134 Å². The van der Waals surface area contributed by atoms with Gasteiger partial charge in [-0.05, 0) is 55.5 Å². The number of ether oxygens (including phenoxy) is 2. The molecule has 0 aliphatic carbocycles. The van der Waals surface area contributed by atoms with Crippen molar-refractivity contribution in [3.05, 3.63) is 54.1 Å². The summed E-state index contributed by atoms with van der Waals surface area (Å²) in [6.07, 6.45) is 0. The molecule has 0 aromatic heterocycles. The second-order valence-corrected chi connectivity index (χ2v) is 4.61. The molecule has 0 atom stereocenters. The van der Waals surface area contributed by atoms with Gasteiger partial charge >= 0.3 is 12.0 Å². The van der Waals surface area contributed by atoms with Crippen molar-refractivity contribution in [2.24, 2.45) is 0 Å². The fraction of sp³-hybridized carbons (Fsp3) is 0.176. The Morgan fingerprint density at radius 3 is 1.91 bits per heavy atom. The maximum Gasteiger partial charge on any atom is 0.338 e. The third kappa shape index (κ3) is 4.74. The van der Waals surface area contributed by atoms with Gasteiger partial charge in [0.15, 0.2) is 0 Å². The van der Waals surface area contributed by atoms with E-state index < -0.39 is 0 Å². The van der Waals surface area contributed by atoms with Crippen molar-refractivity contribution in [2.45, 2.75) is 6.92 Å². The van der Waals surface area contributed by atoms with Gasteiger partial charge < -0.3 is 20.1 Å². The molecule has 0 bridgehead atoms. The second kappa shape index (κ2) is 7.84. The second-order valence-electron chi connectivity index (χ2n) is 4.61. The van der Waals surface area contributed by atoms with Gasteiger partial charge in [0.05, 0.1) is 19.3 Å². The van der Waals surface area contributed by atoms with E-state index in [1.54, 1.807) is 62.6 Å². The first-order chi connectivity index (χ1) is 11.1. The Kier molecular flexibility index (Phi) is 5.57. The van der Waals surface area contributed by atoms with Crippen LogP contribution in [-0.2, 0) is 4.74 Å². The maximum absolute atomic E-state index is 11.9. The van der Waals surface area contributed by atoms with Crippen molar-refractivity contribution in [1.29, 1.82) is 0 Å². The third-order valence-corrected chi connectivity index (χ3v) is 3.00. The molecule has 2 aromatic rings. The number of amides is 2. The summed E-state index contributed by atoms with van der Waals surface area (Å²) in [5.41, 5.74) is 1.66. The molecule has 0 saturated carbocycles. The molecule has 0 aliphatic rings. The highest BCUT2D eigenvalue weighted by Crippen LogP contribution is 2.16. The smallest absolute Gasteiger partial charge is 0.338 e. The zero-order valence-electron chi connectivity index (χ0n) is 13.0. The molecule has 0 unspecified atom stereocenters. The van der Waals surface area contributed by atoms with Gasteiger partial charge in [0.1, 0.15) is 5.75 Å². The van der Waals surface area contributed by atoms with E-state index in [0.717, 1.165) is 0 Å². The number of carbonyl (C=O) groups excluding carboxylic acids is 2. The van der Waals surface area contributed by atoms with E-state index in [1.807, 2.05) is 0 Å². The number of hydrogen-bond acceptors (Lipinski definition) is 4. The van der Waals surface area contributed by atoms with Crippen molar-refractivity contribution >= 4 is 23.4 Å². The molecule has 2 rings (SSSR count). The standard InChI is InChI=1S/C17H18N2O4/c1-3-23-16(20)12-4-6-13(7-5-12)18-17(21)19-14-8-10-15(22-2)11-9-14/h4-11H,3H2,1-2H3,(H2,18,19,21). The van der Waals surface area contributed by atoms with E-state index in [0.29, 0.717) is 29.3 Å². The summed E-state index contributed by atoms with van der Waals surface area (Å²) in [5.74, 6) is 0.326. The number of rotatable bonds is 5. The molecule has 120 valence electrons. The highest BCUT2D eigenvalue weighted by atomic mass is 16.5. The summed E-state index contributed by atoms with van der Waals surface area (Å²) in [4.78, 5) is 23.5. The molecule has 2 aromatic carbocycles. The van der Waals surface area contributed by atoms with Gasteiger partial charge in [-0.1, -0.05) is 0 Å². The van der Waals surface area contributed by atoms with Crippen LogP contribution in [0.4, 0.5) is 16.2 Å². The lowest BCUT2D eigenvalue weighted by Gasteiger charge is -2.09. The Bertz CT molecular complexity index is 666. The minimum Gasteiger partial charge on any atom is -0.497 e. The number of esters is 1. The summed E-state index contributed by atoms with van der Waals surface area (Å²) in [6, 6.07) is 13.1. The van der Waals surface area contributed by atoms with Crippen LogP contribution in [0.25, 0.3) is 0 Å². The van der Waals surface area contributed by atoms with E-state index in [-0.39, 0.29) is 12.0 Å². The van der Waals surface area contributed by atoms with Gasteiger partial charge in [-0.25, -0.2) is 9.59 Å². The maximum atomic E-state index is 11.9. The molecule has 0 heterocycles. The third-order valence-electron chi connectivity index (χ3n) is 3.00. The number of methoxy groups -OCH3 is 1. The minimum absolute atomic E-state index is 0.323. The molecule has 0 spiro atoms. The summed E-state index contributed by atoms with van der Waals surface area (Å²) >= 11 is 0. The topological polar surface area (TPSA) is 76.7 Å². The van der Waals surface area contributed by atoms with E-state index in [2.05, 4.69) is 10.6 Å². The van der Waals surface area contributed by atoms with Crippen molar-refractivity contribution in [2.75, 3.05) is 24.4 Å². The zero-order valence-corrected chi connectivity index (χ0v) is 13.0. The fourth-order valence-corrected chi connectivity index (χ4v) is 1.87. The monoisotopic (exact) mass is 314 g/mol. The van der Waals surface area contributed by atoms with Crippen LogP contribution in [0.15, 0.2) is 48.5 Å². The predicted molar refractivity (Wildman–Crippen MR) is 88.0 cm³/mol. The predicted octanol–water partition coefficient (Wildman–Crippen LogP) is 3.52. The van der Waals surface area contributed by atoms with Crippen molar-refractivity contribution in [3.63, 3.8) is 0 Å². The first-order valence-electron chi connectivity index (χ1n) is 7.11. The Morgan fingerprint density at radius 1 is 0.913 bits per heavy atom. The fourth-order valence-electron chi connectivity index (χ4n) is 1.87. The number of urea groups is 1. The van der Waals surface area contributed by atoms with E-state index in [9.17, 15) is 9.59 Å². The Balaban J connectivity index is 1.93. The molecule has 0 saturated heterocycles. The molecule has 6 nitrogen and oxygen atoms in total. The van der Waals surface area contributed by atoms with Gasteiger partial charge in [0.2, 0.25) is 0 Å². The lowest BCUT2D eigenvalue weighted by atomic mass is 10.2. The van der Waals surface area contributed by atoms with Crippen LogP contribution in [0.1, 0.15) is 17.3 Å². The summed E-state index contributed by atoms with van der Waals surface area (Å²) < 4.78 is 9.95. The molecular formula is C17H18N2O4. The molecule has 6 heteroatoms. The molecule has 23 heavy (non-hydrogen) atoms. The van der Waals surface area contributed by atoms with Gasteiger partial charge in [0.25, 0.3) is 0 Å². The lowest BCUT2D eigenvalue weighted by Crippen LogP contribution is -2.19. The number of benzene rings is 2. The van der Waals surface area contributed by atoms with Gasteiger partial charge in [-0.2, -0.15) is 0 Å². The summed E-state index contributed by atoms with van der Waals surface area (Å²) in [7, 11) is 1.58. The molecule has 0 fully saturated rings. The average Bonchev–Trinajstić information content (AvgIpc) is 2.56. The van der Waals surface area contributed by atoms with Crippen LogP contribution in [0.3, 0.4) is 0 Å². The highest BCUT2D eigenvalue weighted by Gasteiger charge is 2.07. The number of carbonyl (C=O) groups is 2. The van der Waals surface area contributed by atoms with Gasteiger partial charge in [0, 0.05) is 11.4 Å². The number of anilines is 2. The lowest BCUT2D eigenvalue weighted by molar-refractivity contribution is 0.0526. The first kappa shape index (κ1) is 16.4. The van der Waals surface area contributed by atoms with E-state index in [4.69, 9.17) is 9.47 Å².